The number of pyridine rings is 1. The summed E-state index contributed by atoms with van der Waals surface area (Å²) in [6.07, 6.45) is 8.09. The molecule has 0 atom stereocenters. The quantitative estimate of drug-likeness (QED) is 0.144. The Hall–Kier alpha value is -2.29. The van der Waals surface area contributed by atoms with E-state index in [2.05, 4.69) is 70.3 Å². The van der Waals surface area contributed by atoms with Crippen molar-refractivity contribution in [2.24, 2.45) is 11.8 Å². The molecule has 0 aliphatic heterocycles. The van der Waals surface area contributed by atoms with Crippen LogP contribution in [0.4, 0.5) is 0 Å². The third kappa shape index (κ3) is 7.89. The van der Waals surface area contributed by atoms with Crippen molar-refractivity contribution >= 4 is 16.6 Å². The van der Waals surface area contributed by atoms with Crippen molar-refractivity contribution in [3.05, 3.63) is 76.7 Å². The van der Waals surface area contributed by atoms with E-state index in [9.17, 15) is 9.90 Å². The van der Waals surface area contributed by atoms with Gasteiger partial charge in [-0.05, 0) is 65.1 Å². The number of nitrogens with zero attached hydrogens (tertiary/aromatic N) is 1. The first-order chi connectivity index (χ1) is 17.6. The van der Waals surface area contributed by atoms with Crippen molar-refractivity contribution in [2.45, 2.75) is 100 Å². The summed E-state index contributed by atoms with van der Waals surface area (Å²) in [6, 6.07) is 14.4. The molecule has 1 radical (unpaired) electrons. The molecular weight excluding hydrogens is 659 g/mol. The number of aliphatic hydroxyl groups excluding tert-OH is 1. The van der Waals surface area contributed by atoms with Gasteiger partial charge in [-0.1, -0.05) is 81.0 Å². The van der Waals surface area contributed by atoms with E-state index >= 15 is 0 Å². The van der Waals surface area contributed by atoms with E-state index < -0.39 is 0 Å². The van der Waals surface area contributed by atoms with Crippen LogP contribution in [0.15, 0.2) is 48.4 Å². The van der Waals surface area contributed by atoms with Crippen LogP contribution in [-0.2, 0) is 36.7 Å². The molecule has 1 aliphatic carbocycles. The second-order valence-corrected chi connectivity index (χ2v) is 11.2. The third-order valence-corrected chi connectivity index (χ3v) is 7.84. The van der Waals surface area contributed by atoms with Gasteiger partial charge in [0.05, 0.1) is 5.76 Å². The summed E-state index contributed by atoms with van der Waals surface area (Å²) >= 11 is 0. The third-order valence-electron chi connectivity index (χ3n) is 7.84. The fraction of sp³-hybridized carbons (Fsp3) is 0.486. The van der Waals surface area contributed by atoms with E-state index in [-0.39, 0.29) is 56.3 Å². The van der Waals surface area contributed by atoms with Crippen molar-refractivity contribution in [3.63, 3.8) is 0 Å². The molecule has 0 amide bonds. The zero-order valence-electron chi connectivity index (χ0n) is 24.4. The van der Waals surface area contributed by atoms with Gasteiger partial charge in [-0.25, -0.2) is 0 Å². The summed E-state index contributed by atoms with van der Waals surface area (Å²) in [7, 11) is 0. The SMILES string of the molecule is C.CCC(CC)C(=O)C=C(O)C(CC)CC.Cc1[c-]c(-c2ncc3c4c(cccc24)CC3(C)C)cc(C)c1.[Ir]. The molecule has 3 nitrogen and oxygen atoms in total. The van der Waals surface area contributed by atoms with Crippen molar-refractivity contribution in [1.82, 2.24) is 4.98 Å². The standard InChI is InChI=1S/C21H20N.C13H24O2.CH4.Ir/c1-13-8-14(2)10-16(9-13)20-17-7-5-6-15-11-21(3,4)18(12-22-20)19(15)17;1-5-10(6-2)12(14)9-13(15)11(7-3)8-4;;/h5-9,12H,11H2,1-4H3;9-11,14H,5-8H2,1-4H3;1H4;/q-1;;;. The van der Waals surface area contributed by atoms with Crippen LogP contribution >= 0.6 is 0 Å². The van der Waals surface area contributed by atoms with E-state index in [1.807, 2.05) is 27.7 Å². The zero-order valence-corrected chi connectivity index (χ0v) is 26.8. The second-order valence-electron chi connectivity index (χ2n) is 11.2. The van der Waals surface area contributed by atoms with Gasteiger partial charge in [0.2, 0.25) is 0 Å². The minimum Gasteiger partial charge on any atom is -0.512 e. The van der Waals surface area contributed by atoms with Crippen LogP contribution in [0.3, 0.4) is 0 Å². The molecule has 0 bridgehead atoms. The van der Waals surface area contributed by atoms with E-state index in [1.165, 1.54) is 39.1 Å². The van der Waals surface area contributed by atoms with Crippen molar-refractivity contribution in [2.75, 3.05) is 0 Å². The van der Waals surface area contributed by atoms with Gasteiger partial charge in [-0.3, -0.25) is 4.79 Å². The second kappa shape index (κ2) is 14.9. The van der Waals surface area contributed by atoms with Gasteiger partial charge in [0.15, 0.2) is 5.78 Å². The van der Waals surface area contributed by atoms with Crippen molar-refractivity contribution < 1.29 is 30.0 Å². The summed E-state index contributed by atoms with van der Waals surface area (Å²) in [4.78, 5) is 16.5. The van der Waals surface area contributed by atoms with E-state index in [1.54, 1.807) is 0 Å². The minimum atomic E-state index is 0. The fourth-order valence-corrected chi connectivity index (χ4v) is 5.63. The molecule has 0 unspecified atom stereocenters. The maximum Gasteiger partial charge on any atom is 0.162 e. The molecule has 1 heterocycles. The normalized spacial score (nSPS) is 13.5. The van der Waals surface area contributed by atoms with Crippen LogP contribution in [0.25, 0.3) is 22.0 Å². The predicted octanol–water partition coefficient (Wildman–Crippen LogP) is 9.66. The van der Waals surface area contributed by atoms with Gasteiger partial charge in [0, 0.05) is 44.2 Å². The maximum atomic E-state index is 11.7. The molecule has 39 heavy (non-hydrogen) atoms. The smallest absolute Gasteiger partial charge is 0.162 e. The summed E-state index contributed by atoms with van der Waals surface area (Å²) in [5, 5.41) is 12.4. The number of carbonyl (C=O) groups excluding carboxylic acids is 1. The molecule has 0 saturated heterocycles. The first-order valence-corrected chi connectivity index (χ1v) is 13.9. The van der Waals surface area contributed by atoms with Gasteiger partial charge in [-0.2, -0.15) is 0 Å². The Kier molecular flexibility index (Phi) is 13.3. The molecule has 4 rings (SSSR count). The fourth-order valence-electron chi connectivity index (χ4n) is 5.63. The number of benzene rings is 2. The van der Waals surface area contributed by atoms with E-state index in [0.717, 1.165) is 43.4 Å². The molecule has 0 spiro atoms. The first-order valence-electron chi connectivity index (χ1n) is 13.9. The Morgan fingerprint density at radius 1 is 1.05 bits per heavy atom. The number of carbonyl (C=O) groups is 1. The summed E-state index contributed by atoms with van der Waals surface area (Å²) in [5.41, 5.74) is 7.60. The molecule has 0 fully saturated rings. The molecule has 1 aliphatic rings. The summed E-state index contributed by atoms with van der Waals surface area (Å²) in [5.74, 6) is 0.547. The molecule has 1 N–H and O–H groups in total. The number of hydrogen-bond donors (Lipinski definition) is 1. The first kappa shape index (κ1) is 34.7. The minimum absolute atomic E-state index is 0. The van der Waals surface area contributed by atoms with Crippen LogP contribution < -0.4 is 0 Å². The zero-order chi connectivity index (χ0) is 27.3. The van der Waals surface area contributed by atoms with Gasteiger partial charge in [-0.15, -0.1) is 34.9 Å². The largest absolute Gasteiger partial charge is 0.512 e. The number of aromatic nitrogens is 1. The number of aryl methyl sites for hydroxylation is 2. The topological polar surface area (TPSA) is 50.2 Å². The number of aliphatic hydroxyl groups is 1. The van der Waals surface area contributed by atoms with Crippen LogP contribution in [0.5, 0.6) is 0 Å². The Balaban J connectivity index is 0.000000401. The summed E-state index contributed by atoms with van der Waals surface area (Å²) < 4.78 is 0. The molecule has 215 valence electrons. The Labute approximate surface area is 250 Å². The average molecular weight is 707 g/mol. The van der Waals surface area contributed by atoms with E-state index in [0.29, 0.717) is 0 Å². The number of allylic oxidation sites excluding steroid dienone is 2. The Bertz CT molecular complexity index is 1260. The van der Waals surface area contributed by atoms with Crippen molar-refractivity contribution in [1.29, 1.82) is 0 Å². The Morgan fingerprint density at radius 3 is 2.23 bits per heavy atom. The van der Waals surface area contributed by atoms with Gasteiger partial charge < -0.3 is 10.1 Å². The number of ketones is 1. The molecule has 0 saturated carbocycles. The van der Waals surface area contributed by atoms with Gasteiger partial charge in [0.1, 0.15) is 0 Å². The predicted molar refractivity (Wildman–Crippen MR) is 163 cm³/mol. The van der Waals surface area contributed by atoms with Crippen molar-refractivity contribution in [3.8, 4) is 11.3 Å². The van der Waals surface area contributed by atoms with Gasteiger partial charge in [0.25, 0.3) is 0 Å². The van der Waals surface area contributed by atoms with Crippen LogP contribution in [0.1, 0.15) is 96.9 Å². The Morgan fingerprint density at radius 2 is 1.67 bits per heavy atom. The summed E-state index contributed by atoms with van der Waals surface area (Å²) in [6.45, 7) is 16.9. The molecule has 3 aromatic rings. The van der Waals surface area contributed by atoms with Gasteiger partial charge >= 0.3 is 0 Å². The molecule has 2 aromatic carbocycles. The van der Waals surface area contributed by atoms with Crippen LogP contribution in [0, 0.1) is 31.7 Å². The molecule has 4 heteroatoms. The number of hydrogen-bond acceptors (Lipinski definition) is 3. The molecule has 1 aromatic heterocycles. The van der Waals surface area contributed by atoms with Crippen LogP contribution in [-0.4, -0.2) is 15.9 Å². The van der Waals surface area contributed by atoms with Crippen LogP contribution in [0.2, 0.25) is 0 Å². The molecular formula is C35H48IrNO2-. The maximum absolute atomic E-state index is 11.7. The number of rotatable bonds is 8. The monoisotopic (exact) mass is 707 g/mol. The van der Waals surface area contributed by atoms with E-state index in [4.69, 9.17) is 4.98 Å². The average Bonchev–Trinajstić information content (AvgIpc) is 3.11.